The Morgan fingerprint density at radius 3 is 2.42 bits per heavy atom. The van der Waals surface area contributed by atoms with Gasteiger partial charge in [0.1, 0.15) is 0 Å². The number of nitrogens with zero attached hydrogens (tertiary/aromatic N) is 1. The van der Waals surface area contributed by atoms with Crippen LogP contribution in [-0.4, -0.2) is 45.3 Å². The normalized spacial score (nSPS) is 18.1. The van der Waals surface area contributed by atoms with E-state index in [1.807, 2.05) is 6.07 Å². The molecule has 0 aliphatic carbocycles. The average molecular weight is 264 g/mol. The van der Waals surface area contributed by atoms with Crippen LogP contribution < -0.4 is 14.8 Å². The lowest BCUT2D eigenvalue weighted by Crippen LogP contribution is -2.45. The van der Waals surface area contributed by atoms with Crippen LogP contribution >= 0.6 is 0 Å². The second-order valence-electron chi connectivity index (χ2n) is 4.82. The van der Waals surface area contributed by atoms with E-state index in [-0.39, 0.29) is 0 Å². The molecule has 0 spiro atoms. The van der Waals surface area contributed by atoms with Crippen molar-refractivity contribution in [3.63, 3.8) is 0 Å². The zero-order chi connectivity index (χ0) is 13.7. The Kier molecular flexibility index (Phi) is 5.05. The third-order valence-corrected chi connectivity index (χ3v) is 3.77. The van der Waals surface area contributed by atoms with Crippen LogP contribution in [0, 0.1) is 0 Å². The smallest absolute Gasteiger partial charge is 0.161 e. The summed E-state index contributed by atoms with van der Waals surface area (Å²) in [6, 6.07) is 6.72. The van der Waals surface area contributed by atoms with Crippen LogP contribution in [0.2, 0.25) is 0 Å². The maximum Gasteiger partial charge on any atom is 0.161 e. The summed E-state index contributed by atoms with van der Waals surface area (Å²) < 4.78 is 10.7. The number of piperazine rings is 1. The van der Waals surface area contributed by atoms with Crippen LogP contribution in [0.4, 0.5) is 0 Å². The van der Waals surface area contributed by atoms with Gasteiger partial charge in [-0.1, -0.05) is 13.0 Å². The molecule has 0 radical (unpaired) electrons. The summed E-state index contributed by atoms with van der Waals surface area (Å²) in [4.78, 5) is 2.54. The van der Waals surface area contributed by atoms with Crippen molar-refractivity contribution in [2.75, 3.05) is 40.4 Å². The second kappa shape index (κ2) is 6.78. The minimum Gasteiger partial charge on any atom is -0.493 e. The minimum absolute atomic E-state index is 0.460. The Balaban J connectivity index is 2.22. The molecule has 19 heavy (non-hydrogen) atoms. The molecule has 4 nitrogen and oxygen atoms in total. The van der Waals surface area contributed by atoms with Gasteiger partial charge >= 0.3 is 0 Å². The van der Waals surface area contributed by atoms with Crippen molar-refractivity contribution in [2.24, 2.45) is 0 Å². The van der Waals surface area contributed by atoms with Gasteiger partial charge in [0.2, 0.25) is 0 Å². The monoisotopic (exact) mass is 264 g/mol. The fourth-order valence-electron chi connectivity index (χ4n) is 2.76. The highest BCUT2D eigenvalue weighted by atomic mass is 16.5. The molecule has 1 N–H and O–H groups in total. The van der Waals surface area contributed by atoms with E-state index < -0.39 is 0 Å². The van der Waals surface area contributed by atoms with Crippen molar-refractivity contribution in [2.45, 2.75) is 19.4 Å². The number of hydrogen-bond donors (Lipinski definition) is 1. The molecule has 1 saturated heterocycles. The molecule has 1 aliphatic heterocycles. The first-order valence-corrected chi connectivity index (χ1v) is 6.96. The van der Waals surface area contributed by atoms with Gasteiger partial charge < -0.3 is 14.8 Å². The lowest BCUT2D eigenvalue weighted by molar-refractivity contribution is 0.169. The second-order valence-corrected chi connectivity index (χ2v) is 4.82. The number of ether oxygens (including phenoxy) is 2. The van der Waals surface area contributed by atoms with E-state index in [1.165, 1.54) is 5.56 Å². The molecule has 1 aromatic carbocycles. The fraction of sp³-hybridized carbons (Fsp3) is 0.600. The van der Waals surface area contributed by atoms with E-state index in [0.29, 0.717) is 6.04 Å². The maximum atomic E-state index is 5.40. The SMILES string of the molecule is CC[C@@H](c1ccc(OC)c(OC)c1)N1CCNCC1. The molecule has 1 atom stereocenters. The first kappa shape index (κ1) is 14.2. The van der Waals surface area contributed by atoms with E-state index in [0.717, 1.165) is 44.1 Å². The molecule has 1 fully saturated rings. The van der Waals surface area contributed by atoms with E-state index >= 15 is 0 Å². The average Bonchev–Trinajstić information content (AvgIpc) is 2.49. The Hall–Kier alpha value is -1.26. The fourth-order valence-corrected chi connectivity index (χ4v) is 2.76. The Morgan fingerprint density at radius 1 is 1.16 bits per heavy atom. The molecule has 106 valence electrons. The molecule has 0 bridgehead atoms. The summed E-state index contributed by atoms with van der Waals surface area (Å²) in [5, 5.41) is 3.40. The highest BCUT2D eigenvalue weighted by Crippen LogP contribution is 2.33. The summed E-state index contributed by atoms with van der Waals surface area (Å²) >= 11 is 0. The largest absolute Gasteiger partial charge is 0.493 e. The van der Waals surface area contributed by atoms with E-state index in [1.54, 1.807) is 14.2 Å². The van der Waals surface area contributed by atoms with Crippen molar-refractivity contribution in [3.8, 4) is 11.5 Å². The Bertz CT molecular complexity index is 403. The van der Waals surface area contributed by atoms with Crippen LogP contribution in [0.5, 0.6) is 11.5 Å². The molecule has 0 saturated carbocycles. The summed E-state index contributed by atoms with van der Waals surface area (Å²) in [6.45, 7) is 6.59. The Morgan fingerprint density at radius 2 is 1.84 bits per heavy atom. The van der Waals surface area contributed by atoms with Crippen LogP contribution in [-0.2, 0) is 0 Å². The van der Waals surface area contributed by atoms with Crippen LogP contribution in [0.3, 0.4) is 0 Å². The molecule has 0 aromatic heterocycles. The van der Waals surface area contributed by atoms with Crippen LogP contribution in [0.1, 0.15) is 24.9 Å². The first-order valence-electron chi connectivity index (χ1n) is 6.96. The van der Waals surface area contributed by atoms with Crippen LogP contribution in [0.15, 0.2) is 18.2 Å². The maximum absolute atomic E-state index is 5.40. The van der Waals surface area contributed by atoms with Gasteiger partial charge in [-0.3, -0.25) is 4.90 Å². The van der Waals surface area contributed by atoms with Crippen molar-refractivity contribution >= 4 is 0 Å². The van der Waals surface area contributed by atoms with E-state index in [9.17, 15) is 0 Å². The number of nitrogens with one attached hydrogen (secondary N) is 1. The van der Waals surface area contributed by atoms with Gasteiger partial charge in [-0.15, -0.1) is 0 Å². The van der Waals surface area contributed by atoms with Crippen molar-refractivity contribution in [3.05, 3.63) is 23.8 Å². The van der Waals surface area contributed by atoms with Gasteiger partial charge in [0.05, 0.1) is 14.2 Å². The third kappa shape index (κ3) is 3.19. The van der Waals surface area contributed by atoms with Gasteiger partial charge in [0.15, 0.2) is 11.5 Å². The number of rotatable bonds is 5. The molecule has 1 aromatic rings. The predicted octanol–water partition coefficient (Wildman–Crippen LogP) is 2.06. The molecular formula is C15H24N2O2. The van der Waals surface area contributed by atoms with E-state index in [2.05, 4.69) is 29.3 Å². The number of hydrogen-bond acceptors (Lipinski definition) is 4. The molecule has 1 aliphatic rings. The standard InChI is InChI=1S/C15H24N2O2/c1-4-13(17-9-7-16-8-10-17)12-5-6-14(18-2)15(11-12)19-3/h5-6,11,13,16H,4,7-10H2,1-3H3/t13-/m0/s1. The molecular weight excluding hydrogens is 240 g/mol. The predicted molar refractivity (Wildman–Crippen MR) is 77.0 cm³/mol. The molecule has 2 rings (SSSR count). The topological polar surface area (TPSA) is 33.7 Å². The van der Waals surface area contributed by atoms with Crippen molar-refractivity contribution < 1.29 is 9.47 Å². The van der Waals surface area contributed by atoms with Crippen molar-refractivity contribution in [1.29, 1.82) is 0 Å². The minimum atomic E-state index is 0.460. The highest BCUT2D eigenvalue weighted by molar-refractivity contribution is 5.43. The third-order valence-electron chi connectivity index (χ3n) is 3.77. The summed E-state index contributed by atoms with van der Waals surface area (Å²) in [7, 11) is 3.36. The van der Waals surface area contributed by atoms with Crippen molar-refractivity contribution in [1.82, 2.24) is 10.2 Å². The first-order chi connectivity index (χ1) is 9.30. The van der Waals surface area contributed by atoms with Crippen LogP contribution in [0.25, 0.3) is 0 Å². The van der Waals surface area contributed by atoms with Gasteiger partial charge in [-0.25, -0.2) is 0 Å². The van der Waals surface area contributed by atoms with Gasteiger partial charge in [0.25, 0.3) is 0 Å². The summed E-state index contributed by atoms with van der Waals surface area (Å²) in [5.74, 6) is 1.61. The number of benzene rings is 1. The summed E-state index contributed by atoms with van der Waals surface area (Å²) in [6.07, 6.45) is 1.11. The number of methoxy groups -OCH3 is 2. The molecule has 4 heteroatoms. The Labute approximate surface area is 115 Å². The molecule has 1 heterocycles. The lowest BCUT2D eigenvalue weighted by atomic mass is 10.0. The zero-order valence-corrected chi connectivity index (χ0v) is 12.1. The van der Waals surface area contributed by atoms with Gasteiger partial charge in [-0.2, -0.15) is 0 Å². The zero-order valence-electron chi connectivity index (χ0n) is 12.1. The molecule has 0 amide bonds. The van der Waals surface area contributed by atoms with Gasteiger partial charge in [-0.05, 0) is 24.1 Å². The summed E-state index contributed by atoms with van der Waals surface area (Å²) in [5.41, 5.74) is 1.31. The van der Waals surface area contributed by atoms with E-state index in [4.69, 9.17) is 9.47 Å². The quantitative estimate of drug-likeness (QED) is 0.882. The lowest BCUT2D eigenvalue weighted by Gasteiger charge is -2.35. The van der Waals surface area contributed by atoms with Gasteiger partial charge in [0, 0.05) is 32.2 Å². The molecule has 0 unspecified atom stereocenters. The highest BCUT2D eigenvalue weighted by Gasteiger charge is 2.21.